The number of aromatic nitrogens is 4. The Labute approximate surface area is 193 Å². The molecule has 0 atom stereocenters. The molecule has 1 fully saturated rings. The molecule has 1 N–H and O–H groups in total. The standard InChI is InChI=1S/C23H24F3N5O3/c1-22(2,34)17-10-19-15(11-29-31(19)16-5-3-14(12-32)4-6-16)9-20(17)30(23(24,25)26)21(33)18-7-8-27-13-28-18/h7-14,16,34H,3-6H2,1-2H3. The van der Waals surface area contributed by atoms with E-state index in [1.165, 1.54) is 38.4 Å². The molecule has 1 saturated carbocycles. The summed E-state index contributed by atoms with van der Waals surface area (Å²) in [5.41, 5.74) is -2.17. The van der Waals surface area contributed by atoms with Crippen molar-refractivity contribution < 1.29 is 27.9 Å². The predicted octanol–water partition coefficient (Wildman–Crippen LogP) is 4.15. The molecular formula is C23H24F3N5O3. The van der Waals surface area contributed by atoms with Crippen LogP contribution in [0, 0.1) is 5.92 Å². The minimum atomic E-state index is -5.08. The first kappa shape index (κ1) is 23.8. The van der Waals surface area contributed by atoms with E-state index in [1.807, 2.05) is 0 Å². The summed E-state index contributed by atoms with van der Waals surface area (Å²) in [6.07, 6.45) is 2.32. The van der Waals surface area contributed by atoms with Crippen molar-refractivity contribution in [1.82, 2.24) is 19.7 Å². The van der Waals surface area contributed by atoms with E-state index in [1.54, 1.807) is 4.68 Å². The molecule has 4 rings (SSSR count). The van der Waals surface area contributed by atoms with Crippen LogP contribution in [0.2, 0.25) is 0 Å². The molecule has 0 saturated heterocycles. The number of carbonyl (C=O) groups excluding carboxylic acids is 2. The molecule has 0 bridgehead atoms. The van der Waals surface area contributed by atoms with Gasteiger partial charge in [-0.2, -0.15) is 5.10 Å². The number of fused-ring (bicyclic) bond motifs is 1. The summed E-state index contributed by atoms with van der Waals surface area (Å²) in [7, 11) is 0. The van der Waals surface area contributed by atoms with E-state index in [2.05, 4.69) is 15.1 Å². The van der Waals surface area contributed by atoms with Crippen molar-refractivity contribution in [3.63, 3.8) is 0 Å². The number of nitrogens with zero attached hydrogens (tertiary/aromatic N) is 5. The predicted molar refractivity (Wildman–Crippen MR) is 117 cm³/mol. The zero-order valence-electron chi connectivity index (χ0n) is 18.7. The molecule has 0 radical (unpaired) electrons. The number of aliphatic hydroxyl groups is 1. The summed E-state index contributed by atoms with van der Waals surface area (Å²) in [6.45, 7) is 2.72. The van der Waals surface area contributed by atoms with Crippen LogP contribution in [0.15, 0.2) is 36.9 Å². The average molecular weight is 475 g/mol. The fourth-order valence-corrected chi connectivity index (χ4v) is 4.42. The van der Waals surface area contributed by atoms with E-state index >= 15 is 0 Å². The van der Waals surface area contributed by atoms with Gasteiger partial charge in [-0.05, 0) is 57.7 Å². The van der Waals surface area contributed by atoms with Crippen LogP contribution in [0.3, 0.4) is 0 Å². The molecule has 0 unspecified atom stereocenters. The quantitative estimate of drug-likeness (QED) is 0.440. The summed E-state index contributed by atoms with van der Waals surface area (Å²) in [5.74, 6) is -1.39. The van der Waals surface area contributed by atoms with Crippen molar-refractivity contribution in [1.29, 1.82) is 0 Å². The van der Waals surface area contributed by atoms with Gasteiger partial charge in [0.2, 0.25) is 0 Å². The van der Waals surface area contributed by atoms with E-state index in [0.717, 1.165) is 18.7 Å². The summed E-state index contributed by atoms with van der Waals surface area (Å²) < 4.78 is 44.4. The number of rotatable bonds is 5. The van der Waals surface area contributed by atoms with Crippen molar-refractivity contribution in [3.8, 4) is 0 Å². The van der Waals surface area contributed by atoms with E-state index < -0.39 is 29.2 Å². The van der Waals surface area contributed by atoms with Gasteiger partial charge in [0.05, 0.1) is 29.0 Å². The van der Waals surface area contributed by atoms with E-state index in [-0.39, 0.29) is 22.4 Å². The molecule has 2 heterocycles. The fraction of sp³-hybridized carbons (Fsp3) is 0.435. The zero-order valence-corrected chi connectivity index (χ0v) is 18.7. The lowest BCUT2D eigenvalue weighted by molar-refractivity contribution is -0.122. The Morgan fingerprint density at radius 1 is 1.21 bits per heavy atom. The van der Waals surface area contributed by atoms with Crippen LogP contribution in [0.1, 0.15) is 61.6 Å². The van der Waals surface area contributed by atoms with Crippen molar-refractivity contribution in [2.45, 2.75) is 57.5 Å². The van der Waals surface area contributed by atoms with E-state index in [0.29, 0.717) is 36.6 Å². The second kappa shape index (κ2) is 8.79. The molecule has 1 aliphatic rings. The van der Waals surface area contributed by atoms with E-state index in [9.17, 15) is 27.9 Å². The molecule has 1 aliphatic carbocycles. The third kappa shape index (κ3) is 4.52. The summed E-state index contributed by atoms with van der Waals surface area (Å²) >= 11 is 0. The van der Waals surface area contributed by atoms with Gasteiger partial charge in [-0.1, -0.05) is 0 Å². The fourth-order valence-electron chi connectivity index (χ4n) is 4.42. The van der Waals surface area contributed by atoms with Crippen LogP contribution in [0.4, 0.5) is 18.9 Å². The SMILES string of the molecule is CC(C)(O)c1cc2c(cnn2C2CCC(C=O)CC2)cc1N(C(=O)c1ccncn1)C(F)(F)F. The second-order valence-corrected chi connectivity index (χ2v) is 8.98. The highest BCUT2D eigenvalue weighted by atomic mass is 19.4. The van der Waals surface area contributed by atoms with Crippen molar-refractivity contribution in [3.05, 3.63) is 48.2 Å². The monoisotopic (exact) mass is 475 g/mol. The third-order valence-electron chi connectivity index (χ3n) is 6.15. The lowest BCUT2D eigenvalue weighted by atomic mass is 9.87. The zero-order chi connectivity index (χ0) is 24.7. The number of aldehydes is 1. The van der Waals surface area contributed by atoms with E-state index in [4.69, 9.17) is 0 Å². The Morgan fingerprint density at radius 3 is 2.47 bits per heavy atom. The minimum Gasteiger partial charge on any atom is -0.386 e. The first-order valence-corrected chi connectivity index (χ1v) is 10.9. The molecule has 2 aromatic heterocycles. The number of halogens is 3. The van der Waals surface area contributed by atoms with Gasteiger partial charge in [0, 0.05) is 23.1 Å². The van der Waals surface area contributed by atoms with Crippen LogP contribution >= 0.6 is 0 Å². The average Bonchev–Trinajstić information content (AvgIpc) is 3.20. The molecule has 0 aliphatic heterocycles. The Morgan fingerprint density at radius 2 is 1.91 bits per heavy atom. The molecule has 180 valence electrons. The number of anilines is 1. The van der Waals surface area contributed by atoms with Crippen molar-refractivity contribution >= 4 is 28.8 Å². The molecule has 8 nitrogen and oxygen atoms in total. The maximum absolute atomic E-state index is 14.2. The highest BCUT2D eigenvalue weighted by Crippen LogP contribution is 2.41. The van der Waals surface area contributed by atoms with Crippen LogP contribution in [0.25, 0.3) is 10.9 Å². The second-order valence-electron chi connectivity index (χ2n) is 8.98. The van der Waals surface area contributed by atoms with Gasteiger partial charge in [-0.15, -0.1) is 13.2 Å². The summed E-state index contributed by atoms with van der Waals surface area (Å²) in [5, 5.41) is 15.6. The van der Waals surface area contributed by atoms with Crippen LogP contribution in [0.5, 0.6) is 0 Å². The summed E-state index contributed by atoms with van der Waals surface area (Å²) in [6, 6.07) is 3.75. The van der Waals surface area contributed by atoms with Gasteiger partial charge in [-0.25, -0.2) is 14.9 Å². The summed E-state index contributed by atoms with van der Waals surface area (Å²) in [4.78, 5) is 31.0. The maximum Gasteiger partial charge on any atom is 0.491 e. The Kier molecular flexibility index (Phi) is 6.15. The highest BCUT2D eigenvalue weighted by Gasteiger charge is 2.45. The highest BCUT2D eigenvalue weighted by molar-refractivity contribution is 6.06. The van der Waals surface area contributed by atoms with Crippen LogP contribution < -0.4 is 4.90 Å². The third-order valence-corrected chi connectivity index (χ3v) is 6.15. The van der Waals surface area contributed by atoms with Gasteiger partial charge < -0.3 is 9.90 Å². The topological polar surface area (TPSA) is 101 Å². The van der Waals surface area contributed by atoms with Gasteiger partial charge in [0.1, 0.15) is 18.3 Å². The minimum absolute atomic E-state index is 0.00441. The molecular weight excluding hydrogens is 451 g/mol. The van der Waals surface area contributed by atoms with Gasteiger partial charge in [0.15, 0.2) is 0 Å². The van der Waals surface area contributed by atoms with Gasteiger partial charge >= 0.3 is 6.30 Å². The lowest BCUT2D eigenvalue weighted by Crippen LogP contribution is -2.44. The first-order chi connectivity index (χ1) is 16.0. The number of carbonyl (C=O) groups is 2. The number of alkyl halides is 3. The molecule has 0 spiro atoms. The molecule has 34 heavy (non-hydrogen) atoms. The Hall–Kier alpha value is -3.34. The molecule has 1 amide bonds. The smallest absolute Gasteiger partial charge is 0.386 e. The maximum atomic E-state index is 14.2. The Bertz CT molecular complexity index is 1200. The van der Waals surface area contributed by atoms with Crippen LogP contribution in [-0.2, 0) is 10.4 Å². The number of hydrogen-bond acceptors (Lipinski definition) is 6. The molecule has 11 heteroatoms. The first-order valence-electron chi connectivity index (χ1n) is 10.9. The van der Waals surface area contributed by atoms with Crippen LogP contribution in [-0.4, -0.2) is 43.3 Å². The Balaban J connectivity index is 1.85. The van der Waals surface area contributed by atoms with Gasteiger partial charge in [0.25, 0.3) is 5.91 Å². The number of hydrogen-bond donors (Lipinski definition) is 1. The van der Waals surface area contributed by atoms with Crippen molar-refractivity contribution in [2.75, 3.05) is 4.90 Å². The number of amides is 1. The lowest BCUT2D eigenvalue weighted by Gasteiger charge is -2.31. The molecule has 3 aromatic rings. The normalized spacial score (nSPS) is 19.2. The largest absolute Gasteiger partial charge is 0.491 e. The van der Waals surface area contributed by atoms with Gasteiger partial charge in [-0.3, -0.25) is 9.48 Å². The number of benzene rings is 1. The molecule has 1 aromatic carbocycles. The van der Waals surface area contributed by atoms with Crippen molar-refractivity contribution in [2.24, 2.45) is 5.92 Å².